The highest BCUT2D eigenvalue weighted by molar-refractivity contribution is 7.85. The zero-order chi connectivity index (χ0) is 17.2. The molecule has 0 aliphatic heterocycles. The van der Waals surface area contributed by atoms with E-state index in [1.54, 1.807) is 24.3 Å². The molecule has 0 aromatic heterocycles. The maximum absolute atomic E-state index is 11.4. The van der Waals surface area contributed by atoms with Gasteiger partial charge in [-0.05, 0) is 46.3 Å². The molecule has 4 aromatic rings. The summed E-state index contributed by atoms with van der Waals surface area (Å²) in [6.07, 6.45) is 0. The topological polar surface area (TPSA) is 94.8 Å². The van der Waals surface area contributed by atoms with Crippen LogP contribution in [-0.2, 0) is 15.9 Å². The van der Waals surface area contributed by atoms with Crippen molar-refractivity contribution in [2.75, 3.05) is 0 Å². The van der Waals surface area contributed by atoms with Gasteiger partial charge in [-0.3, -0.25) is 4.55 Å². The van der Waals surface area contributed by atoms with Crippen LogP contribution in [0.5, 0.6) is 11.5 Å². The molecule has 0 aliphatic carbocycles. The SMILES string of the molecule is Cc1cc(CS(=O)(=O)O)c2ccc3c(O)cc(O)c4ccc1c2c43. The summed E-state index contributed by atoms with van der Waals surface area (Å²) in [4.78, 5) is 0. The number of phenols is 2. The molecule has 0 aliphatic rings. The van der Waals surface area contributed by atoms with E-state index in [0.717, 1.165) is 16.3 Å². The van der Waals surface area contributed by atoms with Crippen molar-refractivity contribution in [1.82, 2.24) is 0 Å². The lowest BCUT2D eigenvalue weighted by molar-refractivity contribution is 0.458. The maximum Gasteiger partial charge on any atom is 0.269 e. The van der Waals surface area contributed by atoms with Crippen molar-refractivity contribution in [1.29, 1.82) is 0 Å². The molecule has 0 fully saturated rings. The number of rotatable bonds is 2. The van der Waals surface area contributed by atoms with Gasteiger partial charge in [0.25, 0.3) is 10.1 Å². The maximum atomic E-state index is 11.4. The van der Waals surface area contributed by atoms with Crippen LogP contribution in [0.2, 0.25) is 0 Å². The molecule has 4 aromatic carbocycles. The van der Waals surface area contributed by atoms with Crippen molar-refractivity contribution in [3.63, 3.8) is 0 Å². The lowest BCUT2D eigenvalue weighted by Crippen LogP contribution is -2.03. The van der Waals surface area contributed by atoms with E-state index in [2.05, 4.69) is 0 Å². The van der Waals surface area contributed by atoms with Crippen LogP contribution in [0.3, 0.4) is 0 Å². The summed E-state index contributed by atoms with van der Waals surface area (Å²) in [5.41, 5.74) is 1.35. The standard InChI is InChI=1S/C18H14O5S/c1-9-6-10(8-24(21,22)23)12-3-5-14-16(20)7-15(19)13-4-2-11(9)17(12)18(13)14/h2-7,19-20H,8H2,1H3,(H,21,22,23). The zero-order valence-electron chi connectivity index (χ0n) is 12.7. The summed E-state index contributed by atoms with van der Waals surface area (Å²) < 4.78 is 31.9. The normalized spacial score (nSPS) is 12.6. The monoisotopic (exact) mass is 342 g/mol. The van der Waals surface area contributed by atoms with Gasteiger partial charge in [0.05, 0.1) is 0 Å². The van der Waals surface area contributed by atoms with Crippen LogP contribution >= 0.6 is 0 Å². The van der Waals surface area contributed by atoms with Gasteiger partial charge >= 0.3 is 0 Å². The average Bonchev–Trinajstić information content (AvgIpc) is 2.48. The van der Waals surface area contributed by atoms with Gasteiger partial charge < -0.3 is 10.2 Å². The Hall–Kier alpha value is -2.57. The molecular weight excluding hydrogens is 328 g/mol. The molecule has 0 unspecified atom stereocenters. The van der Waals surface area contributed by atoms with Crippen LogP contribution in [0.4, 0.5) is 0 Å². The quantitative estimate of drug-likeness (QED) is 0.381. The minimum Gasteiger partial charge on any atom is -0.507 e. The molecule has 0 spiro atoms. The molecule has 0 radical (unpaired) electrons. The Morgan fingerprint density at radius 3 is 1.92 bits per heavy atom. The third kappa shape index (κ3) is 2.07. The summed E-state index contributed by atoms with van der Waals surface area (Å²) in [5, 5.41) is 24.5. The lowest BCUT2D eigenvalue weighted by Gasteiger charge is -2.16. The van der Waals surface area contributed by atoms with Crippen LogP contribution in [0, 0.1) is 6.92 Å². The molecule has 4 rings (SSSR count). The summed E-state index contributed by atoms with van der Waals surface area (Å²) >= 11 is 0. The Morgan fingerprint density at radius 1 is 0.833 bits per heavy atom. The fourth-order valence-corrected chi connectivity index (χ4v) is 4.17. The molecule has 0 saturated carbocycles. The molecule has 0 amide bonds. The highest BCUT2D eigenvalue weighted by atomic mass is 32.2. The lowest BCUT2D eigenvalue weighted by atomic mass is 9.89. The predicted molar refractivity (Wildman–Crippen MR) is 93.5 cm³/mol. The van der Waals surface area contributed by atoms with Crippen molar-refractivity contribution < 1.29 is 23.2 Å². The number of aryl methyl sites for hydroxylation is 1. The van der Waals surface area contributed by atoms with Crippen LogP contribution in [0.25, 0.3) is 32.3 Å². The molecule has 0 heterocycles. The average molecular weight is 342 g/mol. The number of aromatic hydroxyl groups is 2. The van der Waals surface area contributed by atoms with Gasteiger partial charge in [0.2, 0.25) is 0 Å². The van der Waals surface area contributed by atoms with Gasteiger partial charge in [0.15, 0.2) is 0 Å². The van der Waals surface area contributed by atoms with Crippen LogP contribution in [0.1, 0.15) is 11.1 Å². The third-order valence-electron chi connectivity index (χ3n) is 4.49. The first-order valence-electron chi connectivity index (χ1n) is 7.33. The van der Waals surface area contributed by atoms with E-state index in [9.17, 15) is 23.2 Å². The fraction of sp³-hybridized carbons (Fsp3) is 0.111. The Kier molecular flexibility index (Phi) is 2.95. The molecule has 122 valence electrons. The Morgan fingerprint density at radius 2 is 1.33 bits per heavy atom. The van der Waals surface area contributed by atoms with Gasteiger partial charge in [-0.2, -0.15) is 8.42 Å². The van der Waals surface area contributed by atoms with E-state index >= 15 is 0 Å². The first-order chi connectivity index (χ1) is 11.3. The van der Waals surface area contributed by atoms with E-state index in [-0.39, 0.29) is 11.5 Å². The minimum atomic E-state index is -4.18. The van der Waals surface area contributed by atoms with Crippen molar-refractivity contribution in [2.45, 2.75) is 12.7 Å². The van der Waals surface area contributed by atoms with Gasteiger partial charge in [-0.25, -0.2) is 0 Å². The first-order valence-corrected chi connectivity index (χ1v) is 8.94. The molecule has 3 N–H and O–H groups in total. The second-order valence-corrected chi connectivity index (χ2v) is 7.52. The van der Waals surface area contributed by atoms with Crippen molar-refractivity contribution in [2.24, 2.45) is 0 Å². The summed E-state index contributed by atoms with van der Waals surface area (Å²) in [6, 6.07) is 10.1. The number of hydrogen-bond donors (Lipinski definition) is 3. The van der Waals surface area contributed by atoms with Crippen LogP contribution in [-0.4, -0.2) is 23.2 Å². The summed E-state index contributed by atoms with van der Waals surface area (Å²) in [5.74, 6) is -0.556. The number of benzene rings is 4. The minimum absolute atomic E-state index is 0.0350. The van der Waals surface area contributed by atoms with Gasteiger partial charge in [0, 0.05) is 22.2 Å². The number of hydrogen-bond acceptors (Lipinski definition) is 4. The van der Waals surface area contributed by atoms with Crippen LogP contribution < -0.4 is 0 Å². The second kappa shape index (κ2) is 4.72. The second-order valence-electron chi connectivity index (χ2n) is 6.07. The van der Waals surface area contributed by atoms with E-state index in [0.29, 0.717) is 27.1 Å². The van der Waals surface area contributed by atoms with Crippen molar-refractivity contribution in [3.8, 4) is 11.5 Å². The van der Waals surface area contributed by atoms with Gasteiger partial charge in [-0.15, -0.1) is 0 Å². The molecule has 5 nitrogen and oxygen atoms in total. The number of phenolic OH excluding ortho intramolecular Hbond substituents is 2. The highest BCUT2D eigenvalue weighted by Crippen LogP contribution is 2.44. The van der Waals surface area contributed by atoms with Crippen molar-refractivity contribution in [3.05, 3.63) is 47.5 Å². The molecule has 6 heteroatoms. The van der Waals surface area contributed by atoms with Crippen molar-refractivity contribution >= 4 is 42.4 Å². The first kappa shape index (κ1) is 15.0. The Bertz CT molecular complexity index is 1200. The molecule has 0 saturated heterocycles. The third-order valence-corrected chi connectivity index (χ3v) is 5.16. The Labute approximate surface area is 137 Å². The van der Waals surface area contributed by atoms with E-state index < -0.39 is 15.9 Å². The zero-order valence-corrected chi connectivity index (χ0v) is 13.6. The largest absolute Gasteiger partial charge is 0.507 e. The molecule has 24 heavy (non-hydrogen) atoms. The molecule has 0 atom stereocenters. The van der Waals surface area contributed by atoms with Crippen LogP contribution in [0.15, 0.2) is 36.4 Å². The predicted octanol–water partition coefficient (Wildman–Crippen LogP) is 3.69. The molecule has 0 bridgehead atoms. The Balaban J connectivity index is 2.28. The highest BCUT2D eigenvalue weighted by Gasteiger charge is 2.18. The summed E-state index contributed by atoms with van der Waals surface area (Å²) in [6.45, 7) is 1.86. The van der Waals surface area contributed by atoms with Gasteiger partial charge in [-0.1, -0.05) is 18.2 Å². The van der Waals surface area contributed by atoms with Gasteiger partial charge in [0.1, 0.15) is 17.3 Å². The van der Waals surface area contributed by atoms with E-state index in [1.165, 1.54) is 6.07 Å². The van der Waals surface area contributed by atoms with E-state index in [4.69, 9.17) is 0 Å². The molecular formula is C18H14O5S. The van der Waals surface area contributed by atoms with E-state index in [1.807, 2.05) is 13.0 Å². The smallest absolute Gasteiger partial charge is 0.269 e. The summed E-state index contributed by atoms with van der Waals surface area (Å²) in [7, 11) is -4.18. The fourth-order valence-electron chi connectivity index (χ4n) is 3.54.